The largest absolute Gasteiger partial charge is 0.461 e. The van der Waals surface area contributed by atoms with Gasteiger partial charge in [0.05, 0.1) is 5.75 Å². The molecular formula is C41H76N2O5S. The Hall–Kier alpha value is -1.80. The molecule has 0 saturated heterocycles. The lowest BCUT2D eigenvalue weighted by Crippen LogP contribution is -2.35. The number of nitrogens with zero attached hydrogens (tertiary/aromatic N) is 2. The standard InChI is InChI=1S/C41H76N2O5S/c1-6-8-10-12-14-22-28-34-47-40(45)30-24-18-16-20-26-32-43(39(44)37-49-36-38(3)42(4)5)33-27-21-17-19-25-31-41(46)48-35-29-23-15-13-11-9-7-2/h22-23,28-29,38H,6-21,24-27,30-37H2,1-5H3/b28-22-,29-23-. The molecule has 1 atom stereocenters. The molecule has 0 aliphatic rings. The van der Waals surface area contributed by atoms with Crippen molar-refractivity contribution in [2.45, 2.75) is 168 Å². The minimum Gasteiger partial charge on any atom is -0.461 e. The molecule has 49 heavy (non-hydrogen) atoms. The van der Waals surface area contributed by atoms with Crippen molar-refractivity contribution >= 4 is 29.6 Å². The van der Waals surface area contributed by atoms with Crippen LogP contribution in [0.25, 0.3) is 0 Å². The van der Waals surface area contributed by atoms with E-state index in [1.807, 2.05) is 12.2 Å². The van der Waals surface area contributed by atoms with Gasteiger partial charge in [0.15, 0.2) is 0 Å². The van der Waals surface area contributed by atoms with Crippen molar-refractivity contribution < 1.29 is 23.9 Å². The van der Waals surface area contributed by atoms with E-state index in [1.54, 1.807) is 11.8 Å². The summed E-state index contributed by atoms with van der Waals surface area (Å²) < 4.78 is 10.7. The zero-order chi connectivity index (χ0) is 36.2. The number of carbonyl (C=O) groups is 3. The summed E-state index contributed by atoms with van der Waals surface area (Å²) in [4.78, 5) is 41.4. The molecule has 0 spiro atoms. The summed E-state index contributed by atoms with van der Waals surface area (Å²) in [7, 11) is 4.16. The number of rotatable bonds is 35. The van der Waals surface area contributed by atoms with E-state index in [-0.39, 0.29) is 17.8 Å². The molecule has 1 amide bonds. The summed E-state index contributed by atoms with van der Waals surface area (Å²) in [5.41, 5.74) is 0. The molecule has 0 aromatic heterocycles. The Balaban J connectivity index is 4.21. The number of allylic oxidation sites excluding steroid dienone is 2. The second kappa shape index (κ2) is 36.0. The molecule has 1 unspecified atom stereocenters. The van der Waals surface area contributed by atoms with Crippen LogP contribution in [0.2, 0.25) is 0 Å². The van der Waals surface area contributed by atoms with Gasteiger partial charge in [0.2, 0.25) is 5.91 Å². The van der Waals surface area contributed by atoms with Crippen molar-refractivity contribution in [2.24, 2.45) is 0 Å². The highest BCUT2D eigenvalue weighted by molar-refractivity contribution is 7.99. The quantitative estimate of drug-likeness (QED) is 0.0368. The van der Waals surface area contributed by atoms with Gasteiger partial charge >= 0.3 is 11.9 Å². The number of unbranched alkanes of at least 4 members (excludes halogenated alkanes) is 16. The van der Waals surface area contributed by atoms with E-state index in [4.69, 9.17) is 9.47 Å². The van der Waals surface area contributed by atoms with Gasteiger partial charge in [0.25, 0.3) is 0 Å². The fraction of sp³-hybridized carbons (Fsp3) is 0.829. The summed E-state index contributed by atoms with van der Waals surface area (Å²) in [6.45, 7) is 8.99. The third-order valence-electron chi connectivity index (χ3n) is 8.90. The SMILES string of the molecule is CCCCCC/C=C\COC(=O)CCCCCCCN(CCCCCCCC(=O)OC/C=C\CCCCCC)C(=O)CSCC(C)N(C)C. The Morgan fingerprint density at radius 1 is 0.592 bits per heavy atom. The molecule has 0 saturated carbocycles. The maximum absolute atomic E-state index is 13.1. The Bertz CT molecular complexity index is 796. The van der Waals surface area contributed by atoms with Crippen LogP contribution in [0.4, 0.5) is 0 Å². The van der Waals surface area contributed by atoms with E-state index in [0.29, 0.717) is 37.9 Å². The van der Waals surface area contributed by atoms with E-state index in [1.165, 1.54) is 51.4 Å². The van der Waals surface area contributed by atoms with Crippen LogP contribution in [0.1, 0.15) is 162 Å². The van der Waals surface area contributed by atoms with E-state index in [2.05, 4.69) is 56.8 Å². The number of esters is 2. The van der Waals surface area contributed by atoms with Gasteiger partial charge in [-0.25, -0.2) is 0 Å². The molecule has 0 heterocycles. The van der Waals surface area contributed by atoms with Gasteiger partial charge in [0, 0.05) is 37.7 Å². The van der Waals surface area contributed by atoms with Gasteiger partial charge in [-0.1, -0.05) is 115 Å². The normalized spacial score (nSPS) is 12.3. The van der Waals surface area contributed by atoms with Crippen molar-refractivity contribution in [3.8, 4) is 0 Å². The summed E-state index contributed by atoms with van der Waals surface area (Å²) in [6.07, 6.45) is 31.3. The molecule has 7 nitrogen and oxygen atoms in total. The summed E-state index contributed by atoms with van der Waals surface area (Å²) >= 11 is 1.73. The fourth-order valence-electron chi connectivity index (χ4n) is 5.30. The highest BCUT2D eigenvalue weighted by Crippen LogP contribution is 2.13. The maximum Gasteiger partial charge on any atom is 0.306 e. The van der Waals surface area contributed by atoms with Crippen LogP contribution in [0.3, 0.4) is 0 Å². The second-order valence-electron chi connectivity index (χ2n) is 13.8. The molecular weight excluding hydrogens is 633 g/mol. The number of hydrogen-bond acceptors (Lipinski definition) is 7. The van der Waals surface area contributed by atoms with Crippen LogP contribution in [-0.2, 0) is 23.9 Å². The molecule has 286 valence electrons. The first-order valence-corrected chi connectivity index (χ1v) is 21.1. The smallest absolute Gasteiger partial charge is 0.306 e. The second-order valence-corrected chi connectivity index (χ2v) is 14.8. The van der Waals surface area contributed by atoms with E-state index < -0.39 is 0 Å². The van der Waals surface area contributed by atoms with Crippen LogP contribution in [-0.4, -0.2) is 85.6 Å². The molecule has 0 rings (SSSR count). The molecule has 8 heteroatoms. The van der Waals surface area contributed by atoms with Crippen molar-refractivity contribution in [3.05, 3.63) is 24.3 Å². The third kappa shape index (κ3) is 33.1. The van der Waals surface area contributed by atoms with Crippen LogP contribution < -0.4 is 0 Å². The number of amides is 1. The zero-order valence-corrected chi connectivity index (χ0v) is 33.3. The van der Waals surface area contributed by atoms with E-state index in [0.717, 1.165) is 95.9 Å². The Labute approximate surface area is 306 Å². The zero-order valence-electron chi connectivity index (χ0n) is 32.5. The Morgan fingerprint density at radius 2 is 1.02 bits per heavy atom. The van der Waals surface area contributed by atoms with Crippen molar-refractivity contribution in [3.63, 3.8) is 0 Å². The number of ether oxygens (including phenoxy) is 2. The first kappa shape index (κ1) is 47.2. The lowest BCUT2D eigenvalue weighted by molar-refractivity contribution is -0.143. The van der Waals surface area contributed by atoms with Crippen LogP contribution in [0, 0.1) is 0 Å². The lowest BCUT2D eigenvalue weighted by Gasteiger charge is -2.24. The van der Waals surface area contributed by atoms with Crippen LogP contribution in [0.15, 0.2) is 24.3 Å². The molecule has 0 aliphatic heterocycles. The molecule has 0 aliphatic carbocycles. The van der Waals surface area contributed by atoms with Crippen molar-refractivity contribution in [2.75, 3.05) is 51.9 Å². The number of carbonyl (C=O) groups excluding carboxylic acids is 3. The minimum atomic E-state index is -0.107. The Morgan fingerprint density at radius 3 is 1.47 bits per heavy atom. The predicted molar refractivity (Wildman–Crippen MR) is 210 cm³/mol. The van der Waals surface area contributed by atoms with Crippen LogP contribution in [0.5, 0.6) is 0 Å². The molecule has 0 radical (unpaired) electrons. The average Bonchev–Trinajstić information content (AvgIpc) is 3.08. The molecule has 0 bridgehead atoms. The number of hydrogen-bond donors (Lipinski definition) is 0. The monoisotopic (exact) mass is 709 g/mol. The van der Waals surface area contributed by atoms with Gasteiger partial charge in [-0.15, -0.1) is 0 Å². The Kier molecular flexibility index (Phi) is 34.7. The van der Waals surface area contributed by atoms with Gasteiger partial charge < -0.3 is 19.3 Å². The molecule has 0 fully saturated rings. The predicted octanol–water partition coefficient (Wildman–Crippen LogP) is 10.3. The maximum atomic E-state index is 13.1. The van der Waals surface area contributed by atoms with Crippen molar-refractivity contribution in [1.29, 1.82) is 0 Å². The van der Waals surface area contributed by atoms with E-state index >= 15 is 0 Å². The molecule has 0 aromatic carbocycles. The van der Waals surface area contributed by atoms with Gasteiger partial charge in [0.1, 0.15) is 13.2 Å². The lowest BCUT2D eigenvalue weighted by atomic mass is 10.1. The fourth-order valence-corrected chi connectivity index (χ4v) is 6.41. The first-order chi connectivity index (χ1) is 23.8. The third-order valence-corrected chi connectivity index (χ3v) is 10.1. The van der Waals surface area contributed by atoms with Crippen molar-refractivity contribution in [1.82, 2.24) is 9.80 Å². The summed E-state index contributed by atoms with van der Waals surface area (Å²) in [5, 5.41) is 0. The topological polar surface area (TPSA) is 76.1 Å². The molecule has 0 aromatic rings. The molecule has 0 N–H and O–H groups in total. The number of thioether (sulfide) groups is 1. The average molecular weight is 709 g/mol. The van der Waals surface area contributed by atoms with Gasteiger partial charge in [-0.05, 0) is 72.4 Å². The highest BCUT2D eigenvalue weighted by atomic mass is 32.2. The van der Waals surface area contributed by atoms with Gasteiger partial charge in [-0.3, -0.25) is 14.4 Å². The van der Waals surface area contributed by atoms with Crippen LogP contribution >= 0.6 is 11.8 Å². The van der Waals surface area contributed by atoms with E-state index in [9.17, 15) is 14.4 Å². The minimum absolute atomic E-state index is 0.107. The summed E-state index contributed by atoms with van der Waals surface area (Å²) in [5.74, 6) is 1.51. The van der Waals surface area contributed by atoms with Gasteiger partial charge in [-0.2, -0.15) is 11.8 Å². The first-order valence-electron chi connectivity index (χ1n) is 19.9. The highest BCUT2D eigenvalue weighted by Gasteiger charge is 2.14. The summed E-state index contributed by atoms with van der Waals surface area (Å²) in [6, 6.07) is 0.439.